The van der Waals surface area contributed by atoms with E-state index in [4.69, 9.17) is 27.6 Å². The van der Waals surface area contributed by atoms with E-state index in [2.05, 4.69) is 9.98 Å². The van der Waals surface area contributed by atoms with Crippen LogP contribution >= 0.6 is 23.2 Å². The van der Waals surface area contributed by atoms with Gasteiger partial charge in [0.05, 0.1) is 21.8 Å². The number of nitro benzene ring substituents is 1. The number of rotatable bonds is 5. The van der Waals surface area contributed by atoms with Crippen molar-refractivity contribution in [1.29, 1.82) is 0 Å². The van der Waals surface area contributed by atoms with E-state index >= 15 is 0 Å². The lowest BCUT2D eigenvalue weighted by Gasteiger charge is -1.97. The Labute approximate surface area is 163 Å². The molecule has 0 amide bonds. The summed E-state index contributed by atoms with van der Waals surface area (Å²) in [5.41, 5.74) is 1.08. The Morgan fingerprint density at radius 3 is 2.78 bits per heavy atom. The molecular formula is C18H11Cl2N3O4. The van der Waals surface area contributed by atoms with Crippen LogP contribution in [0.25, 0.3) is 12.2 Å². The quantitative estimate of drug-likeness (QED) is 0.343. The van der Waals surface area contributed by atoms with Crippen LogP contribution < -0.4 is 0 Å². The Morgan fingerprint density at radius 2 is 2.00 bits per heavy atom. The van der Waals surface area contributed by atoms with Gasteiger partial charge in [0.2, 0.25) is 5.89 Å². The van der Waals surface area contributed by atoms with Crippen molar-refractivity contribution >= 4 is 52.9 Å². The molecule has 0 aliphatic heterocycles. The van der Waals surface area contributed by atoms with Crippen molar-refractivity contribution in [2.75, 3.05) is 0 Å². The number of nitro groups is 1. The number of hydrogen-bond acceptors (Lipinski definition) is 6. The van der Waals surface area contributed by atoms with Gasteiger partial charge in [-0.2, -0.15) is 0 Å². The molecule has 1 N–H and O–H groups in total. The summed E-state index contributed by atoms with van der Waals surface area (Å²) >= 11 is 11.9. The van der Waals surface area contributed by atoms with E-state index in [0.29, 0.717) is 21.3 Å². The standard InChI is InChI=1S/C18H11Cl2N3O4/c19-12-5-6-14(20)15(9-12)21-10-16-18(24)27-17(22-16)7-4-11-2-1-3-13(8-11)23(25)26/h1-10,24H/b7-4+,21-10?. The van der Waals surface area contributed by atoms with Crippen molar-refractivity contribution in [3.05, 3.63) is 79.8 Å². The maximum atomic E-state index is 10.8. The van der Waals surface area contributed by atoms with Crippen molar-refractivity contribution in [1.82, 2.24) is 4.98 Å². The minimum Gasteiger partial charge on any atom is -0.479 e. The molecule has 7 nitrogen and oxygen atoms in total. The first-order chi connectivity index (χ1) is 12.9. The summed E-state index contributed by atoms with van der Waals surface area (Å²) in [6.45, 7) is 0. The zero-order valence-electron chi connectivity index (χ0n) is 13.5. The molecule has 136 valence electrons. The highest BCUT2D eigenvalue weighted by Gasteiger charge is 2.09. The highest BCUT2D eigenvalue weighted by molar-refractivity contribution is 6.35. The second kappa shape index (κ2) is 8.03. The smallest absolute Gasteiger partial charge is 0.312 e. The molecule has 3 rings (SSSR count). The van der Waals surface area contributed by atoms with Crippen LogP contribution in [0.1, 0.15) is 17.1 Å². The summed E-state index contributed by atoms with van der Waals surface area (Å²) in [5, 5.41) is 21.5. The van der Waals surface area contributed by atoms with Crippen LogP contribution in [0.4, 0.5) is 11.4 Å². The van der Waals surface area contributed by atoms with Gasteiger partial charge in [-0.15, -0.1) is 0 Å². The average Bonchev–Trinajstić information content (AvgIpc) is 3.00. The normalized spacial score (nSPS) is 11.5. The summed E-state index contributed by atoms with van der Waals surface area (Å²) in [7, 11) is 0. The first-order valence-corrected chi connectivity index (χ1v) is 8.29. The fourth-order valence-corrected chi connectivity index (χ4v) is 2.45. The average molecular weight is 404 g/mol. The summed E-state index contributed by atoms with van der Waals surface area (Å²) < 4.78 is 5.13. The summed E-state index contributed by atoms with van der Waals surface area (Å²) in [6.07, 6.45) is 4.34. The lowest BCUT2D eigenvalue weighted by atomic mass is 10.2. The molecule has 0 aliphatic carbocycles. The van der Waals surface area contributed by atoms with Crippen LogP contribution in [0.2, 0.25) is 10.0 Å². The third-order valence-corrected chi connectivity index (χ3v) is 3.94. The molecule has 9 heteroatoms. The van der Waals surface area contributed by atoms with E-state index in [0.717, 1.165) is 0 Å². The SMILES string of the molecule is O=[N+]([O-])c1cccc(/C=C/c2nc(C=Nc3cc(Cl)ccc3Cl)c(O)o2)c1. The van der Waals surface area contributed by atoms with Gasteiger partial charge in [-0.25, -0.2) is 4.98 Å². The Hall–Kier alpha value is -3.16. The predicted octanol–water partition coefficient (Wildman–Crippen LogP) is 5.52. The molecule has 0 bridgehead atoms. The summed E-state index contributed by atoms with van der Waals surface area (Å²) in [6, 6.07) is 10.9. The number of benzene rings is 2. The van der Waals surface area contributed by atoms with Crippen LogP contribution in [0, 0.1) is 10.1 Å². The Balaban J connectivity index is 1.80. The Morgan fingerprint density at radius 1 is 1.19 bits per heavy atom. The van der Waals surface area contributed by atoms with Gasteiger partial charge < -0.3 is 9.52 Å². The second-order valence-corrected chi connectivity index (χ2v) is 6.13. The van der Waals surface area contributed by atoms with E-state index in [9.17, 15) is 15.2 Å². The van der Waals surface area contributed by atoms with E-state index in [1.165, 1.54) is 24.4 Å². The summed E-state index contributed by atoms with van der Waals surface area (Å²) in [4.78, 5) is 18.5. The number of oxazole rings is 1. The molecule has 0 atom stereocenters. The van der Waals surface area contributed by atoms with Crippen LogP contribution in [-0.4, -0.2) is 21.2 Å². The van der Waals surface area contributed by atoms with Gasteiger partial charge >= 0.3 is 5.95 Å². The van der Waals surface area contributed by atoms with Crippen LogP contribution in [0.5, 0.6) is 5.95 Å². The Kier molecular flexibility index (Phi) is 5.54. The van der Waals surface area contributed by atoms with E-state index in [1.54, 1.807) is 36.4 Å². The lowest BCUT2D eigenvalue weighted by Crippen LogP contribution is -1.87. The fourth-order valence-electron chi connectivity index (χ4n) is 2.12. The number of aromatic nitrogens is 1. The topological polar surface area (TPSA) is 102 Å². The highest BCUT2D eigenvalue weighted by atomic mass is 35.5. The predicted molar refractivity (Wildman–Crippen MR) is 104 cm³/mol. The molecule has 27 heavy (non-hydrogen) atoms. The lowest BCUT2D eigenvalue weighted by molar-refractivity contribution is -0.384. The zero-order valence-corrected chi connectivity index (χ0v) is 15.1. The molecule has 0 unspecified atom stereocenters. The molecule has 3 aromatic rings. The molecule has 0 saturated carbocycles. The first-order valence-electron chi connectivity index (χ1n) is 7.54. The van der Waals surface area contributed by atoms with Gasteiger partial charge in [-0.3, -0.25) is 15.1 Å². The molecule has 0 spiro atoms. The number of nitrogens with zero attached hydrogens (tertiary/aromatic N) is 3. The number of aliphatic imine (C=N–C) groups is 1. The van der Waals surface area contributed by atoms with Crippen LogP contribution in [0.3, 0.4) is 0 Å². The van der Waals surface area contributed by atoms with Crippen molar-refractivity contribution < 1.29 is 14.4 Å². The van der Waals surface area contributed by atoms with Crippen molar-refractivity contribution in [2.24, 2.45) is 4.99 Å². The van der Waals surface area contributed by atoms with Crippen LogP contribution in [-0.2, 0) is 0 Å². The molecule has 0 radical (unpaired) electrons. The van der Waals surface area contributed by atoms with Crippen molar-refractivity contribution in [2.45, 2.75) is 0 Å². The maximum absolute atomic E-state index is 10.8. The second-order valence-electron chi connectivity index (χ2n) is 5.28. The van der Waals surface area contributed by atoms with Gasteiger partial charge in [0.1, 0.15) is 0 Å². The molecule has 0 fully saturated rings. The van der Waals surface area contributed by atoms with Gasteiger partial charge in [-0.05, 0) is 29.8 Å². The monoisotopic (exact) mass is 403 g/mol. The Bertz CT molecular complexity index is 1060. The minimum atomic E-state index is -0.482. The molecule has 0 aliphatic rings. The maximum Gasteiger partial charge on any atom is 0.312 e. The van der Waals surface area contributed by atoms with Gasteiger partial charge in [-0.1, -0.05) is 35.3 Å². The highest BCUT2D eigenvalue weighted by Crippen LogP contribution is 2.28. The van der Waals surface area contributed by atoms with Crippen LogP contribution in [0.15, 0.2) is 51.9 Å². The molecule has 2 aromatic carbocycles. The molecule has 0 saturated heterocycles. The van der Waals surface area contributed by atoms with E-state index in [1.807, 2.05) is 0 Å². The summed E-state index contributed by atoms with van der Waals surface area (Å²) in [5.74, 6) is -0.312. The van der Waals surface area contributed by atoms with Gasteiger partial charge in [0, 0.05) is 23.2 Å². The molecule has 1 aromatic heterocycles. The first kappa shape index (κ1) is 18.6. The third-order valence-electron chi connectivity index (χ3n) is 3.38. The fraction of sp³-hybridized carbons (Fsp3) is 0. The molecular weight excluding hydrogens is 393 g/mol. The number of hydrogen-bond donors (Lipinski definition) is 1. The molecule has 1 heterocycles. The number of aromatic hydroxyl groups is 1. The number of non-ortho nitro benzene ring substituents is 1. The largest absolute Gasteiger partial charge is 0.479 e. The third kappa shape index (κ3) is 4.72. The zero-order chi connectivity index (χ0) is 19.4. The van der Waals surface area contributed by atoms with Crippen molar-refractivity contribution in [3.63, 3.8) is 0 Å². The van der Waals surface area contributed by atoms with E-state index in [-0.39, 0.29) is 17.3 Å². The number of halogens is 2. The minimum absolute atomic E-state index is 0.0291. The van der Waals surface area contributed by atoms with E-state index < -0.39 is 10.9 Å². The van der Waals surface area contributed by atoms with Gasteiger partial charge in [0.25, 0.3) is 5.69 Å². The van der Waals surface area contributed by atoms with Gasteiger partial charge in [0.15, 0.2) is 5.69 Å². The van der Waals surface area contributed by atoms with Crippen molar-refractivity contribution in [3.8, 4) is 5.95 Å².